The van der Waals surface area contributed by atoms with E-state index in [1.165, 1.54) is 5.56 Å². The standard InChI is InChI=1S/C12H17IO2/c1-12(14,9-13)8-7-10-3-5-11(15-2)6-4-10/h3-6,14H,7-9H2,1-2H3. The molecule has 0 heterocycles. The van der Waals surface area contributed by atoms with Crippen LogP contribution in [0.4, 0.5) is 0 Å². The second-order valence-corrected chi connectivity index (χ2v) is 4.74. The van der Waals surface area contributed by atoms with Crippen LogP contribution in [0.15, 0.2) is 24.3 Å². The fraction of sp³-hybridized carbons (Fsp3) is 0.500. The molecule has 0 radical (unpaired) electrons. The molecule has 3 heteroatoms. The van der Waals surface area contributed by atoms with Crippen LogP contribution >= 0.6 is 22.6 Å². The lowest BCUT2D eigenvalue weighted by Crippen LogP contribution is -2.26. The van der Waals surface area contributed by atoms with Gasteiger partial charge < -0.3 is 9.84 Å². The first-order valence-electron chi connectivity index (χ1n) is 4.99. The number of hydrogen-bond acceptors (Lipinski definition) is 2. The van der Waals surface area contributed by atoms with Gasteiger partial charge in [0.25, 0.3) is 0 Å². The van der Waals surface area contributed by atoms with Gasteiger partial charge in [-0.05, 0) is 37.5 Å². The maximum Gasteiger partial charge on any atom is 0.118 e. The molecule has 0 saturated heterocycles. The van der Waals surface area contributed by atoms with Gasteiger partial charge in [0, 0.05) is 4.43 Å². The highest BCUT2D eigenvalue weighted by Gasteiger charge is 2.17. The van der Waals surface area contributed by atoms with Crippen LogP contribution in [0.2, 0.25) is 0 Å². The molecule has 0 aliphatic rings. The Balaban J connectivity index is 2.51. The predicted octanol–water partition coefficient (Wildman–Crippen LogP) is 2.81. The summed E-state index contributed by atoms with van der Waals surface area (Å²) >= 11 is 2.21. The van der Waals surface area contributed by atoms with Crippen molar-refractivity contribution in [1.82, 2.24) is 0 Å². The third-order valence-electron chi connectivity index (χ3n) is 2.40. The molecule has 0 amide bonds. The van der Waals surface area contributed by atoms with E-state index in [1.807, 2.05) is 31.2 Å². The number of ether oxygens (including phenoxy) is 1. The van der Waals surface area contributed by atoms with E-state index < -0.39 is 5.60 Å². The lowest BCUT2D eigenvalue weighted by atomic mass is 9.99. The van der Waals surface area contributed by atoms with Gasteiger partial charge in [-0.25, -0.2) is 0 Å². The maximum absolute atomic E-state index is 9.85. The third-order valence-corrected chi connectivity index (χ3v) is 4.04. The third kappa shape index (κ3) is 4.38. The van der Waals surface area contributed by atoms with Crippen LogP contribution in [-0.2, 0) is 6.42 Å². The Morgan fingerprint density at radius 2 is 1.93 bits per heavy atom. The van der Waals surface area contributed by atoms with E-state index in [4.69, 9.17) is 4.74 Å². The molecule has 1 unspecified atom stereocenters. The minimum atomic E-state index is -0.555. The van der Waals surface area contributed by atoms with Crippen LogP contribution in [-0.4, -0.2) is 22.2 Å². The highest BCUT2D eigenvalue weighted by molar-refractivity contribution is 14.1. The number of rotatable bonds is 5. The van der Waals surface area contributed by atoms with E-state index in [0.29, 0.717) is 0 Å². The summed E-state index contributed by atoms with van der Waals surface area (Å²) in [7, 11) is 1.66. The lowest BCUT2D eigenvalue weighted by Gasteiger charge is -2.19. The van der Waals surface area contributed by atoms with Crippen molar-refractivity contribution in [2.75, 3.05) is 11.5 Å². The Morgan fingerprint density at radius 3 is 2.40 bits per heavy atom. The van der Waals surface area contributed by atoms with Crippen molar-refractivity contribution in [3.63, 3.8) is 0 Å². The molecule has 15 heavy (non-hydrogen) atoms. The summed E-state index contributed by atoms with van der Waals surface area (Å²) in [5.41, 5.74) is 0.682. The molecule has 1 aromatic carbocycles. The number of aliphatic hydroxyl groups is 1. The number of halogens is 1. The van der Waals surface area contributed by atoms with Gasteiger partial charge >= 0.3 is 0 Å². The molecule has 2 nitrogen and oxygen atoms in total. The van der Waals surface area contributed by atoms with Crippen molar-refractivity contribution >= 4 is 22.6 Å². The average Bonchev–Trinajstić information content (AvgIpc) is 2.27. The van der Waals surface area contributed by atoms with Crippen molar-refractivity contribution < 1.29 is 9.84 Å². The first kappa shape index (κ1) is 12.8. The summed E-state index contributed by atoms with van der Waals surface area (Å²) in [6.07, 6.45) is 1.70. The first-order valence-corrected chi connectivity index (χ1v) is 6.51. The molecule has 1 rings (SSSR count). The molecule has 1 aromatic rings. The van der Waals surface area contributed by atoms with E-state index in [0.717, 1.165) is 23.0 Å². The monoisotopic (exact) mass is 320 g/mol. The summed E-state index contributed by atoms with van der Waals surface area (Å²) in [5.74, 6) is 0.874. The normalized spacial score (nSPS) is 14.7. The molecule has 0 bridgehead atoms. The molecule has 0 aliphatic heterocycles. The Morgan fingerprint density at radius 1 is 1.33 bits per heavy atom. The zero-order chi connectivity index (χ0) is 11.3. The summed E-state index contributed by atoms with van der Waals surface area (Å²) in [4.78, 5) is 0. The van der Waals surface area contributed by atoms with Gasteiger partial charge in [0.1, 0.15) is 5.75 Å². The van der Waals surface area contributed by atoms with Crippen LogP contribution in [0, 0.1) is 0 Å². The Kier molecular flexibility index (Phi) is 4.86. The Bertz CT molecular complexity index is 293. The van der Waals surface area contributed by atoms with Crippen molar-refractivity contribution in [1.29, 1.82) is 0 Å². The quantitative estimate of drug-likeness (QED) is 0.668. The van der Waals surface area contributed by atoms with Gasteiger partial charge in [-0.2, -0.15) is 0 Å². The van der Waals surface area contributed by atoms with Crippen molar-refractivity contribution in [2.45, 2.75) is 25.4 Å². The summed E-state index contributed by atoms with van der Waals surface area (Å²) in [6, 6.07) is 7.99. The van der Waals surface area contributed by atoms with Gasteiger partial charge in [-0.3, -0.25) is 0 Å². The SMILES string of the molecule is COc1ccc(CCC(C)(O)CI)cc1. The molecule has 0 spiro atoms. The summed E-state index contributed by atoms with van der Waals surface area (Å²) < 4.78 is 5.85. The van der Waals surface area contributed by atoms with E-state index in [-0.39, 0.29) is 0 Å². The van der Waals surface area contributed by atoms with E-state index in [1.54, 1.807) is 7.11 Å². The minimum Gasteiger partial charge on any atom is -0.497 e. The van der Waals surface area contributed by atoms with Crippen LogP contribution in [0.3, 0.4) is 0 Å². The average molecular weight is 320 g/mol. The highest BCUT2D eigenvalue weighted by Crippen LogP contribution is 2.18. The number of aryl methyl sites for hydroxylation is 1. The van der Waals surface area contributed by atoms with E-state index >= 15 is 0 Å². The van der Waals surface area contributed by atoms with Crippen molar-refractivity contribution in [3.8, 4) is 5.75 Å². The van der Waals surface area contributed by atoms with Crippen LogP contribution in [0.5, 0.6) is 5.75 Å². The van der Waals surface area contributed by atoms with Gasteiger partial charge in [0.05, 0.1) is 12.7 Å². The molecule has 0 saturated carbocycles. The first-order chi connectivity index (χ1) is 7.07. The van der Waals surface area contributed by atoms with Gasteiger partial charge in [0.2, 0.25) is 0 Å². The molecular formula is C12H17IO2. The predicted molar refractivity (Wildman–Crippen MR) is 70.8 cm³/mol. The molecule has 0 aromatic heterocycles. The highest BCUT2D eigenvalue weighted by atomic mass is 127. The zero-order valence-electron chi connectivity index (χ0n) is 9.16. The molecule has 0 fully saturated rings. The second kappa shape index (κ2) is 5.70. The van der Waals surface area contributed by atoms with Gasteiger partial charge in [-0.1, -0.05) is 34.7 Å². The van der Waals surface area contributed by atoms with Crippen molar-refractivity contribution in [2.24, 2.45) is 0 Å². The second-order valence-electron chi connectivity index (χ2n) is 3.98. The van der Waals surface area contributed by atoms with Crippen LogP contribution < -0.4 is 4.74 Å². The molecular weight excluding hydrogens is 303 g/mol. The fourth-order valence-corrected chi connectivity index (χ4v) is 1.65. The van der Waals surface area contributed by atoms with E-state index in [9.17, 15) is 5.11 Å². The van der Waals surface area contributed by atoms with E-state index in [2.05, 4.69) is 22.6 Å². The minimum absolute atomic E-state index is 0.555. The lowest BCUT2D eigenvalue weighted by molar-refractivity contribution is 0.0795. The number of benzene rings is 1. The summed E-state index contributed by atoms with van der Waals surface area (Å²) in [5, 5.41) is 9.85. The van der Waals surface area contributed by atoms with Crippen molar-refractivity contribution in [3.05, 3.63) is 29.8 Å². The molecule has 1 N–H and O–H groups in total. The topological polar surface area (TPSA) is 29.5 Å². The largest absolute Gasteiger partial charge is 0.497 e. The molecule has 1 atom stereocenters. The zero-order valence-corrected chi connectivity index (χ0v) is 11.3. The van der Waals surface area contributed by atoms with Crippen LogP contribution in [0.1, 0.15) is 18.9 Å². The molecule has 0 aliphatic carbocycles. The Hall–Kier alpha value is -0.290. The number of methoxy groups -OCH3 is 1. The number of alkyl halides is 1. The van der Waals surface area contributed by atoms with Gasteiger partial charge in [-0.15, -0.1) is 0 Å². The van der Waals surface area contributed by atoms with Gasteiger partial charge in [0.15, 0.2) is 0 Å². The fourth-order valence-electron chi connectivity index (χ4n) is 1.27. The number of hydrogen-bond donors (Lipinski definition) is 1. The molecule has 84 valence electrons. The maximum atomic E-state index is 9.85. The van der Waals surface area contributed by atoms with Crippen LogP contribution in [0.25, 0.3) is 0 Å². The Labute approximate surface area is 105 Å². The summed E-state index contributed by atoms with van der Waals surface area (Å²) in [6.45, 7) is 1.88. The smallest absolute Gasteiger partial charge is 0.118 e.